The van der Waals surface area contributed by atoms with Gasteiger partial charge in [0, 0.05) is 0 Å². The minimum atomic E-state index is 0.561. The molecule has 0 N–H and O–H groups in total. The molecule has 5 aromatic rings. The van der Waals surface area contributed by atoms with Crippen molar-refractivity contribution in [2.45, 2.75) is 240 Å². The zero-order valence-corrected chi connectivity index (χ0v) is 53.4. The van der Waals surface area contributed by atoms with Gasteiger partial charge in [-0.25, -0.2) is 0 Å². The molecule has 1 nitrogen and oxygen atoms in total. The van der Waals surface area contributed by atoms with Gasteiger partial charge in [0.25, 0.3) is 0 Å². The SMILES string of the molecule is CC.CC.CC.CC.CC.CC.CC.CC.CC.CC.CC.CC.CC(C)/C=C/c1ccccc1.CC(C)Cc1ccccc1.CC(C)c1ccc(Oc2ccccc2)cc1.CC(C)c1ccccc1. The van der Waals surface area contributed by atoms with E-state index in [4.69, 9.17) is 4.74 Å². The van der Waals surface area contributed by atoms with E-state index in [1.54, 1.807) is 0 Å². The number of hydrogen-bond acceptors (Lipinski definition) is 1. The average molecular weight is 974 g/mol. The normalized spacial score (nSPS) is 7.94. The molecule has 5 aromatic carbocycles. The van der Waals surface area contributed by atoms with E-state index in [-0.39, 0.29) is 0 Å². The number of para-hydroxylation sites is 1. The molecule has 410 valence electrons. The highest BCUT2D eigenvalue weighted by Crippen LogP contribution is 2.23. The van der Waals surface area contributed by atoms with Gasteiger partial charge >= 0.3 is 0 Å². The maximum atomic E-state index is 5.71. The van der Waals surface area contributed by atoms with E-state index < -0.39 is 0 Å². The standard InChI is InChI=1S/C15H16O.C11H14.C10H14.C9H12.12C2H6/c1-12(2)13-8-10-15(11-9-13)16-14-6-4-3-5-7-14;1-10(2)8-9-11-6-4-3-5-7-11;1-9(2)8-10-6-4-3-5-7-10;1-8(2)9-6-4-3-5-7-9;12*1-2/h3-12H,1-2H3;3-10H,1-2H3;3-7,9H,8H2,1-2H3;3-8H,1-2H3;12*1-2H3/b;9-8+;;;;;;;;;;;;;;. The summed E-state index contributed by atoms with van der Waals surface area (Å²) in [5, 5.41) is 0. The van der Waals surface area contributed by atoms with Gasteiger partial charge in [0.15, 0.2) is 0 Å². The quantitative estimate of drug-likeness (QED) is 0.151. The van der Waals surface area contributed by atoms with E-state index in [1.807, 2.05) is 221 Å². The van der Waals surface area contributed by atoms with Crippen LogP contribution in [0.5, 0.6) is 11.5 Å². The van der Waals surface area contributed by atoms with Crippen molar-refractivity contribution >= 4 is 6.08 Å². The molecule has 0 bridgehead atoms. The summed E-state index contributed by atoms with van der Waals surface area (Å²) >= 11 is 0. The average Bonchev–Trinajstić information content (AvgIpc) is 3.46. The number of rotatable bonds is 8. The number of hydrogen-bond donors (Lipinski definition) is 0. The molecule has 0 saturated carbocycles. The summed E-state index contributed by atoms with van der Waals surface area (Å²) in [6, 6.07) is 49.6. The molecule has 1 heteroatoms. The van der Waals surface area contributed by atoms with Gasteiger partial charge in [0.05, 0.1) is 0 Å². The second-order valence-electron chi connectivity index (χ2n) is 12.8. The summed E-state index contributed by atoms with van der Waals surface area (Å²) in [7, 11) is 0. The summed E-state index contributed by atoms with van der Waals surface area (Å²) in [6.45, 7) is 65.6. The highest BCUT2D eigenvalue weighted by atomic mass is 16.5. The third-order valence-electron chi connectivity index (χ3n) is 6.95. The van der Waals surface area contributed by atoms with Crippen molar-refractivity contribution in [3.63, 3.8) is 0 Å². The molecule has 0 radical (unpaired) electrons. The van der Waals surface area contributed by atoms with Crippen LogP contribution in [0.4, 0.5) is 0 Å². The Balaban J connectivity index is -0.0000000650. The summed E-state index contributed by atoms with van der Waals surface area (Å²) in [5.74, 6) is 4.38. The molecule has 0 aliphatic heterocycles. The maximum absolute atomic E-state index is 5.71. The zero-order valence-electron chi connectivity index (χ0n) is 53.4. The van der Waals surface area contributed by atoms with Crippen LogP contribution in [0.1, 0.15) is 256 Å². The maximum Gasteiger partial charge on any atom is 0.127 e. The Bertz CT molecular complexity index is 1430. The van der Waals surface area contributed by atoms with Crippen LogP contribution in [-0.2, 0) is 6.42 Å². The van der Waals surface area contributed by atoms with Gasteiger partial charge < -0.3 is 4.74 Å². The fraction of sp³-hybridized carbons (Fsp3) is 0.536. The molecule has 0 amide bonds. The van der Waals surface area contributed by atoms with Crippen LogP contribution >= 0.6 is 0 Å². The molecule has 5 rings (SSSR count). The molecule has 0 aromatic heterocycles. The van der Waals surface area contributed by atoms with E-state index in [0.717, 1.165) is 17.4 Å². The van der Waals surface area contributed by atoms with Crippen molar-refractivity contribution in [3.8, 4) is 11.5 Å². The summed E-state index contributed by atoms with van der Waals surface area (Å²) in [6.07, 6.45) is 5.56. The Morgan fingerprint density at radius 2 is 0.586 bits per heavy atom. The summed E-state index contributed by atoms with van der Waals surface area (Å²) in [5.41, 5.74) is 5.47. The van der Waals surface area contributed by atoms with Crippen molar-refractivity contribution in [3.05, 3.63) is 174 Å². The Morgan fingerprint density at radius 1 is 0.314 bits per heavy atom. The van der Waals surface area contributed by atoms with Gasteiger partial charge in [-0.3, -0.25) is 0 Å². The first kappa shape index (κ1) is 91.9. The Morgan fingerprint density at radius 3 is 0.871 bits per heavy atom. The second kappa shape index (κ2) is 91.0. The van der Waals surface area contributed by atoms with Gasteiger partial charge in [0.2, 0.25) is 0 Å². The molecule has 0 saturated heterocycles. The van der Waals surface area contributed by atoms with Crippen LogP contribution < -0.4 is 4.74 Å². The fourth-order valence-corrected chi connectivity index (χ4v) is 4.34. The van der Waals surface area contributed by atoms with Crippen LogP contribution in [-0.4, -0.2) is 0 Å². The molecule has 0 heterocycles. The molecule has 70 heavy (non-hydrogen) atoms. The molecular weight excluding hydrogens is 845 g/mol. The predicted molar refractivity (Wildman–Crippen MR) is 339 cm³/mol. The van der Waals surface area contributed by atoms with E-state index >= 15 is 0 Å². The molecule has 0 unspecified atom stereocenters. The smallest absolute Gasteiger partial charge is 0.127 e. The lowest BCUT2D eigenvalue weighted by molar-refractivity contribution is 0.482. The first-order chi connectivity index (χ1) is 34.1. The Kier molecular flexibility index (Phi) is 119. The van der Waals surface area contributed by atoms with Crippen molar-refractivity contribution in [1.29, 1.82) is 0 Å². The topological polar surface area (TPSA) is 9.23 Å². The Labute approximate surface area is 445 Å². The lowest BCUT2D eigenvalue weighted by Gasteiger charge is -2.08. The minimum Gasteiger partial charge on any atom is -0.457 e. The Hall–Kier alpha value is -4.36. The van der Waals surface area contributed by atoms with Gasteiger partial charge in [-0.2, -0.15) is 0 Å². The molecule has 0 spiro atoms. The molecule has 0 fully saturated rings. The summed E-state index contributed by atoms with van der Waals surface area (Å²) in [4.78, 5) is 0. The number of allylic oxidation sites excluding steroid dienone is 1. The minimum absolute atomic E-state index is 0.561. The third kappa shape index (κ3) is 72.6. The predicted octanol–water partition coefficient (Wildman–Crippen LogP) is 26.0. The summed E-state index contributed by atoms with van der Waals surface area (Å²) < 4.78 is 5.71. The highest BCUT2D eigenvalue weighted by Gasteiger charge is 2.00. The van der Waals surface area contributed by atoms with Crippen LogP contribution in [0.3, 0.4) is 0 Å². The van der Waals surface area contributed by atoms with Crippen LogP contribution in [0.15, 0.2) is 152 Å². The van der Waals surface area contributed by atoms with E-state index in [2.05, 4.69) is 159 Å². The van der Waals surface area contributed by atoms with E-state index in [1.165, 1.54) is 28.7 Å². The fourth-order valence-electron chi connectivity index (χ4n) is 4.34. The largest absolute Gasteiger partial charge is 0.457 e. The molecule has 0 aliphatic rings. The lowest BCUT2D eigenvalue weighted by Crippen LogP contribution is -1.92. The van der Waals surface area contributed by atoms with E-state index in [9.17, 15) is 0 Å². The van der Waals surface area contributed by atoms with Crippen LogP contribution in [0, 0.1) is 11.8 Å². The van der Waals surface area contributed by atoms with Crippen molar-refractivity contribution < 1.29 is 4.74 Å². The molecule has 0 aliphatic carbocycles. The first-order valence-corrected chi connectivity index (χ1v) is 28.8. The van der Waals surface area contributed by atoms with Crippen molar-refractivity contribution in [2.24, 2.45) is 11.8 Å². The van der Waals surface area contributed by atoms with Crippen LogP contribution in [0.25, 0.3) is 6.08 Å². The lowest BCUT2D eigenvalue weighted by atomic mass is 10.0. The van der Waals surface area contributed by atoms with Crippen molar-refractivity contribution in [1.82, 2.24) is 0 Å². The number of benzene rings is 5. The number of ether oxygens (including phenoxy) is 1. The molecule has 0 atom stereocenters. The van der Waals surface area contributed by atoms with Crippen LogP contribution in [0.2, 0.25) is 0 Å². The van der Waals surface area contributed by atoms with Gasteiger partial charge in [-0.05, 0) is 76.6 Å². The monoisotopic (exact) mass is 973 g/mol. The van der Waals surface area contributed by atoms with E-state index in [0.29, 0.717) is 17.8 Å². The zero-order chi connectivity index (χ0) is 57.6. The third-order valence-corrected chi connectivity index (χ3v) is 6.95. The van der Waals surface area contributed by atoms with Gasteiger partial charge in [-0.15, -0.1) is 0 Å². The van der Waals surface area contributed by atoms with Gasteiger partial charge in [0.1, 0.15) is 11.5 Å². The second-order valence-corrected chi connectivity index (χ2v) is 12.8. The molecular formula is C69H128O. The first-order valence-electron chi connectivity index (χ1n) is 28.8. The van der Waals surface area contributed by atoms with Crippen molar-refractivity contribution in [2.75, 3.05) is 0 Å². The van der Waals surface area contributed by atoms with Gasteiger partial charge in [-0.1, -0.05) is 355 Å². The highest BCUT2D eigenvalue weighted by molar-refractivity contribution is 5.48.